The fraction of sp³-hybridized carbons (Fsp3) is 0.462. The van der Waals surface area contributed by atoms with Gasteiger partial charge in [0.05, 0.1) is 12.5 Å². The van der Waals surface area contributed by atoms with Crippen LogP contribution in [0.4, 0.5) is 0 Å². The zero-order valence-corrected chi connectivity index (χ0v) is 9.67. The van der Waals surface area contributed by atoms with Crippen molar-refractivity contribution in [2.45, 2.75) is 25.5 Å². The summed E-state index contributed by atoms with van der Waals surface area (Å²) in [6, 6.07) is 7.60. The van der Waals surface area contributed by atoms with Gasteiger partial charge in [0.1, 0.15) is 0 Å². The highest BCUT2D eigenvalue weighted by Gasteiger charge is 2.20. The van der Waals surface area contributed by atoms with E-state index in [-0.39, 0.29) is 12.5 Å². The van der Waals surface area contributed by atoms with Crippen molar-refractivity contribution in [3.63, 3.8) is 0 Å². The van der Waals surface area contributed by atoms with E-state index in [2.05, 4.69) is 4.90 Å². The Morgan fingerprint density at radius 3 is 2.65 bits per heavy atom. The molecule has 1 aromatic carbocycles. The van der Waals surface area contributed by atoms with Crippen molar-refractivity contribution in [1.29, 1.82) is 0 Å². The second-order valence-corrected chi connectivity index (χ2v) is 4.52. The summed E-state index contributed by atoms with van der Waals surface area (Å²) in [6.07, 6.45) is 0.634. The van der Waals surface area contributed by atoms with E-state index >= 15 is 0 Å². The minimum atomic E-state index is -0.807. The first kappa shape index (κ1) is 12.1. The molecule has 0 spiro atoms. The molecule has 1 fully saturated rings. The molecule has 4 heteroatoms. The van der Waals surface area contributed by atoms with Gasteiger partial charge in [0.2, 0.25) is 0 Å². The molecule has 92 valence electrons. The summed E-state index contributed by atoms with van der Waals surface area (Å²) in [5.74, 6) is -0.807. The third-order valence-corrected chi connectivity index (χ3v) is 3.10. The van der Waals surface area contributed by atoms with Gasteiger partial charge in [0.15, 0.2) is 0 Å². The molecule has 0 saturated carbocycles. The highest BCUT2D eigenvalue weighted by Crippen LogP contribution is 2.16. The van der Waals surface area contributed by atoms with Crippen LogP contribution in [0, 0.1) is 0 Å². The summed E-state index contributed by atoms with van der Waals surface area (Å²) in [4.78, 5) is 12.9. The molecule has 1 unspecified atom stereocenters. The van der Waals surface area contributed by atoms with E-state index in [1.165, 1.54) is 0 Å². The van der Waals surface area contributed by atoms with Crippen LogP contribution in [0.15, 0.2) is 24.3 Å². The van der Waals surface area contributed by atoms with E-state index in [0.717, 1.165) is 30.6 Å². The van der Waals surface area contributed by atoms with Crippen LogP contribution >= 0.6 is 0 Å². The average molecular weight is 235 g/mol. The van der Waals surface area contributed by atoms with Crippen LogP contribution in [-0.2, 0) is 17.8 Å². The third-order valence-electron chi connectivity index (χ3n) is 3.10. The van der Waals surface area contributed by atoms with E-state index in [0.29, 0.717) is 6.54 Å². The number of aliphatic hydroxyl groups excluding tert-OH is 1. The summed E-state index contributed by atoms with van der Waals surface area (Å²) in [6.45, 7) is 2.28. The molecule has 1 heterocycles. The lowest BCUT2D eigenvalue weighted by atomic mass is 10.0. The summed E-state index contributed by atoms with van der Waals surface area (Å²) in [5.41, 5.74) is 1.91. The number of aliphatic hydroxyl groups is 1. The third kappa shape index (κ3) is 3.28. The molecule has 4 nitrogen and oxygen atoms in total. The number of hydrogen-bond acceptors (Lipinski definition) is 3. The molecule has 1 aliphatic rings. The highest BCUT2D eigenvalue weighted by atomic mass is 16.4. The Balaban J connectivity index is 2.06. The maximum absolute atomic E-state index is 10.8. The lowest BCUT2D eigenvalue weighted by Gasteiger charge is -2.17. The Hall–Kier alpha value is -1.39. The summed E-state index contributed by atoms with van der Waals surface area (Å²) in [5, 5.41) is 18.3. The molecule has 2 N–H and O–H groups in total. The number of nitrogens with zero attached hydrogens (tertiary/aromatic N) is 1. The van der Waals surface area contributed by atoms with Crippen LogP contribution in [0.25, 0.3) is 0 Å². The van der Waals surface area contributed by atoms with Crippen LogP contribution in [0.1, 0.15) is 17.5 Å². The van der Waals surface area contributed by atoms with Crippen LogP contribution < -0.4 is 0 Å². The van der Waals surface area contributed by atoms with Gasteiger partial charge >= 0.3 is 5.97 Å². The Kier molecular flexibility index (Phi) is 3.76. The first-order valence-corrected chi connectivity index (χ1v) is 5.84. The fourth-order valence-electron chi connectivity index (χ4n) is 2.24. The zero-order valence-electron chi connectivity index (χ0n) is 9.67. The topological polar surface area (TPSA) is 60.8 Å². The first-order chi connectivity index (χ1) is 8.15. The van der Waals surface area contributed by atoms with Crippen LogP contribution in [0.5, 0.6) is 0 Å². The van der Waals surface area contributed by atoms with E-state index in [4.69, 9.17) is 5.11 Å². The highest BCUT2D eigenvalue weighted by molar-refractivity contribution is 5.70. The predicted molar refractivity (Wildman–Crippen MR) is 63.7 cm³/mol. The van der Waals surface area contributed by atoms with Crippen molar-refractivity contribution < 1.29 is 15.0 Å². The minimum Gasteiger partial charge on any atom is -0.481 e. The number of hydrogen-bond donors (Lipinski definition) is 2. The van der Waals surface area contributed by atoms with Gasteiger partial charge < -0.3 is 10.2 Å². The van der Waals surface area contributed by atoms with E-state index in [9.17, 15) is 9.90 Å². The molecular weight excluding hydrogens is 218 g/mol. The second kappa shape index (κ2) is 5.29. The molecule has 0 aromatic heterocycles. The van der Waals surface area contributed by atoms with E-state index in [1.807, 2.05) is 24.3 Å². The fourth-order valence-corrected chi connectivity index (χ4v) is 2.24. The quantitative estimate of drug-likeness (QED) is 0.813. The van der Waals surface area contributed by atoms with Gasteiger partial charge in [0, 0.05) is 19.6 Å². The Bertz CT molecular complexity index is 405. The van der Waals surface area contributed by atoms with Gasteiger partial charge in [0.25, 0.3) is 0 Å². The number of carbonyl (C=O) groups is 1. The molecule has 1 saturated heterocycles. The molecule has 0 bridgehead atoms. The molecule has 1 atom stereocenters. The summed E-state index contributed by atoms with van der Waals surface area (Å²) in [7, 11) is 0. The molecular formula is C13H17NO3. The molecule has 0 aliphatic carbocycles. The average Bonchev–Trinajstić information content (AvgIpc) is 2.66. The Morgan fingerprint density at radius 1 is 1.35 bits per heavy atom. The maximum atomic E-state index is 10.8. The van der Waals surface area contributed by atoms with Gasteiger partial charge in [-0.2, -0.15) is 0 Å². The Morgan fingerprint density at radius 2 is 2.06 bits per heavy atom. The lowest BCUT2D eigenvalue weighted by Crippen LogP contribution is -2.22. The largest absolute Gasteiger partial charge is 0.481 e. The van der Waals surface area contributed by atoms with Gasteiger partial charge in [-0.15, -0.1) is 0 Å². The number of benzene rings is 1. The zero-order chi connectivity index (χ0) is 12.3. The predicted octanol–water partition coefficient (Wildman–Crippen LogP) is 0.880. The number of β-amino-alcohol motifs (C(OH)–C–C–N with tert-alkyl or cyclic N) is 1. The van der Waals surface area contributed by atoms with E-state index in [1.54, 1.807) is 0 Å². The lowest BCUT2D eigenvalue weighted by molar-refractivity contribution is -0.136. The number of carboxylic acid groups (broad SMARTS) is 1. The number of likely N-dealkylation sites (tertiary alicyclic amines) is 1. The number of carboxylic acids is 1. The molecule has 1 aliphatic heterocycles. The summed E-state index contributed by atoms with van der Waals surface area (Å²) < 4.78 is 0. The Labute approximate surface area is 100 Å². The maximum Gasteiger partial charge on any atom is 0.307 e. The van der Waals surface area contributed by atoms with Crippen molar-refractivity contribution in [2.75, 3.05) is 13.1 Å². The van der Waals surface area contributed by atoms with Crippen molar-refractivity contribution in [1.82, 2.24) is 4.90 Å². The van der Waals surface area contributed by atoms with Crippen molar-refractivity contribution in [3.8, 4) is 0 Å². The minimum absolute atomic E-state index is 0.0621. The first-order valence-electron chi connectivity index (χ1n) is 5.84. The van der Waals surface area contributed by atoms with Crippen LogP contribution in [0.3, 0.4) is 0 Å². The van der Waals surface area contributed by atoms with Gasteiger partial charge in [-0.1, -0.05) is 24.3 Å². The molecule has 2 rings (SSSR count). The van der Waals surface area contributed by atoms with Gasteiger partial charge in [-0.25, -0.2) is 0 Å². The smallest absolute Gasteiger partial charge is 0.307 e. The monoisotopic (exact) mass is 235 g/mol. The molecule has 0 radical (unpaired) electrons. The van der Waals surface area contributed by atoms with Gasteiger partial charge in [-0.3, -0.25) is 9.69 Å². The normalized spacial score (nSPS) is 20.6. The second-order valence-electron chi connectivity index (χ2n) is 4.52. The number of rotatable bonds is 4. The molecule has 1 aromatic rings. The molecule has 17 heavy (non-hydrogen) atoms. The summed E-state index contributed by atoms with van der Waals surface area (Å²) >= 11 is 0. The van der Waals surface area contributed by atoms with Crippen molar-refractivity contribution >= 4 is 5.97 Å². The molecule has 0 amide bonds. The standard InChI is InChI=1S/C13H17NO3/c15-12-5-6-14(9-12)8-11-4-2-1-3-10(11)7-13(16)17/h1-4,12,15H,5-9H2,(H,16,17). The van der Waals surface area contributed by atoms with Crippen molar-refractivity contribution in [3.05, 3.63) is 35.4 Å². The van der Waals surface area contributed by atoms with Crippen LogP contribution in [0.2, 0.25) is 0 Å². The van der Waals surface area contributed by atoms with Gasteiger partial charge in [-0.05, 0) is 17.5 Å². The van der Waals surface area contributed by atoms with E-state index < -0.39 is 5.97 Å². The SMILES string of the molecule is O=C(O)Cc1ccccc1CN1CCC(O)C1. The van der Waals surface area contributed by atoms with Crippen LogP contribution in [-0.4, -0.2) is 40.3 Å². The number of aliphatic carboxylic acids is 1. The van der Waals surface area contributed by atoms with Crippen molar-refractivity contribution in [2.24, 2.45) is 0 Å².